The molecular weight excluding hydrogens is 1790 g/mol. The van der Waals surface area contributed by atoms with Gasteiger partial charge >= 0.3 is 0 Å². The molecule has 6 nitrogen and oxygen atoms in total. The molecule has 0 atom stereocenters. The Kier molecular flexibility index (Phi) is 21.2. The quantitative estimate of drug-likeness (QED) is 0.0908. The van der Waals surface area contributed by atoms with Crippen LogP contribution in [-0.2, 0) is 0 Å². The molecule has 148 heavy (non-hydrogen) atoms. The maximum absolute atomic E-state index is 2.45. The third kappa shape index (κ3) is 15.1. The van der Waals surface area contributed by atoms with Crippen molar-refractivity contribution in [3.8, 4) is 101 Å². The Bertz CT molecular complexity index is 9660. The third-order valence-electron chi connectivity index (χ3n) is 30.1. The van der Waals surface area contributed by atoms with Crippen LogP contribution in [0.5, 0.6) is 0 Å². The Balaban J connectivity index is 0.000000143. The van der Waals surface area contributed by atoms with Crippen molar-refractivity contribution < 1.29 is 0 Å². The van der Waals surface area contributed by atoms with Gasteiger partial charge in [0.2, 0.25) is 0 Å². The first-order valence-corrected chi connectivity index (χ1v) is 50.9. The van der Waals surface area contributed by atoms with Crippen LogP contribution in [0.3, 0.4) is 0 Å². The van der Waals surface area contributed by atoms with Gasteiger partial charge in [-0.1, -0.05) is 364 Å². The molecule has 0 spiro atoms. The van der Waals surface area contributed by atoms with Crippen LogP contribution in [-0.4, -0.2) is 18.3 Å². The Labute approximate surface area is 857 Å². The lowest BCUT2D eigenvalue weighted by atomic mass is 9.91. The lowest BCUT2D eigenvalue weighted by Crippen LogP contribution is -2.09. The monoisotopic (exact) mass is 1880 g/mol. The topological polar surface area (TPSA) is 26.2 Å². The number of aromatic nitrogens is 4. The minimum absolute atomic E-state index is 1.10. The van der Waals surface area contributed by atoms with Crippen LogP contribution in [0.15, 0.2) is 570 Å². The molecule has 0 radical (unpaired) electrons. The molecule has 0 bridgehead atoms. The minimum Gasteiger partial charge on any atom is -0.311 e. The number of nitrogens with zero attached hydrogens (tertiary/aromatic N) is 6. The van der Waals surface area contributed by atoms with Crippen molar-refractivity contribution in [1.82, 2.24) is 18.3 Å². The zero-order valence-electron chi connectivity index (χ0n) is 81.0. The highest BCUT2D eigenvalue weighted by Crippen LogP contribution is 2.49. The first-order valence-electron chi connectivity index (χ1n) is 50.9. The smallest absolute Gasteiger partial charge is 0.0619 e. The summed E-state index contributed by atoms with van der Waals surface area (Å²) in [6.45, 7) is 0. The second kappa shape index (κ2) is 36.4. The second-order valence-electron chi connectivity index (χ2n) is 38.6. The van der Waals surface area contributed by atoms with Crippen LogP contribution >= 0.6 is 0 Å². The number of para-hydroxylation sites is 8. The molecule has 0 saturated carbocycles. The minimum atomic E-state index is 1.10. The van der Waals surface area contributed by atoms with E-state index < -0.39 is 0 Å². The van der Waals surface area contributed by atoms with E-state index in [1.807, 2.05) is 0 Å². The average Bonchev–Trinajstić information content (AvgIpc) is 1.58. The lowest BCUT2D eigenvalue weighted by molar-refractivity contribution is 1.19. The average molecular weight is 1880 g/mol. The first-order chi connectivity index (χ1) is 73.4. The fourth-order valence-corrected chi connectivity index (χ4v) is 23.1. The Morgan fingerprint density at radius 2 is 0.284 bits per heavy atom. The number of rotatable bonds is 17. The molecule has 0 unspecified atom stereocenters. The van der Waals surface area contributed by atoms with Crippen molar-refractivity contribution in [1.29, 1.82) is 0 Å². The molecule has 4 aromatic heterocycles. The van der Waals surface area contributed by atoms with Crippen LogP contribution in [0.2, 0.25) is 0 Å². The van der Waals surface area contributed by atoms with Gasteiger partial charge in [0.05, 0.1) is 44.1 Å². The van der Waals surface area contributed by atoms with Crippen molar-refractivity contribution in [2.75, 3.05) is 9.80 Å². The molecule has 25 aromatic carbocycles. The van der Waals surface area contributed by atoms with Crippen LogP contribution in [0.4, 0.5) is 34.1 Å². The molecule has 6 heteroatoms. The predicted molar refractivity (Wildman–Crippen MR) is 628 cm³/mol. The number of fused-ring (bicyclic) bond motifs is 20. The molecule has 0 aliphatic rings. The summed E-state index contributed by atoms with van der Waals surface area (Å²) < 4.78 is 9.78. The molecule has 0 N–H and O–H groups in total. The van der Waals surface area contributed by atoms with Gasteiger partial charge in [0, 0.05) is 122 Å². The second-order valence-corrected chi connectivity index (χ2v) is 38.6. The molecule has 692 valence electrons. The largest absolute Gasteiger partial charge is 0.311 e. The summed E-state index contributed by atoms with van der Waals surface area (Å²) in [7, 11) is 0. The molecular formula is C142H94N6. The SMILES string of the molecule is c1ccc(N(c2ccccc2)c2ccc(-c3cc(-c4ccc5c(c4)c4ccc6ccccc6c4n5-c4ccccc4)cc(-c4ccc5c(c4)c4ccc6ccccc6c4n5-c4ccccc4)c3)cc2)cc1.c1ccc(N(c2ccccc2)c2ccc(-c3ccc(-c4cc(-c5ccc6c(c5)c5ccc7ccccc7c5n6-c5ccccc5)cc(-c5ccc6c(c5)c5ccc7ccccc7c5n6-c5ccccc5)c4)cc3)cc2)cc1. The lowest BCUT2D eigenvalue weighted by Gasteiger charge is -2.25. The summed E-state index contributed by atoms with van der Waals surface area (Å²) in [5.74, 6) is 0. The van der Waals surface area contributed by atoms with Gasteiger partial charge in [0.25, 0.3) is 0 Å². The molecule has 0 saturated heterocycles. The van der Waals surface area contributed by atoms with E-state index in [0.717, 1.165) is 90.3 Å². The van der Waals surface area contributed by atoms with Gasteiger partial charge in [-0.3, -0.25) is 0 Å². The van der Waals surface area contributed by atoms with Crippen molar-refractivity contribution in [2.24, 2.45) is 0 Å². The summed E-state index contributed by atoms with van der Waals surface area (Å²) in [6.07, 6.45) is 0. The normalized spacial score (nSPS) is 11.6. The van der Waals surface area contributed by atoms with Crippen LogP contribution in [0.25, 0.3) is 231 Å². The van der Waals surface area contributed by atoms with E-state index in [9.17, 15) is 0 Å². The first kappa shape index (κ1) is 86.2. The van der Waals surface area contributed by atoms with E-state index >= 15 is 0 Å². The number of hydrogen-bond acceptors (Lipinski definition) is 2. The van der Waals surface area contributed by atoms with E-state index in [0.29, 0.717) is 0 Å². The van der Waals surface area contributed by atoms with E-state index in [1.54, 1.807) is 0 Å². The summed E-state index contributed by atoms with van der Waals surface area (Å²) >= 11 is 0. The fraction of sp³-hybridized carbons (Fsp3) is 0. The fourth-order valence-electron chi connectivity index (χ4n) is 23.1. The van der Waals surface area contributed by atoms with Crippen molar-refractivity contribution >= 4 is 164 Å². The van der Waals surface area contributed by atoms with Gasteiger partial charge in [-0.05, 0) is 306 Å². The van der Waals surface area contributed by atoms with Gasteiger partial charge in [0.1, 0.15) is 0 Å². The molecule has 29 rings (SSSR count). The van der Waals surface area contributed by atoms with Gasteiger partial charge in [-0.15, -0.1) is 0 Å². The molecule has 0 amide bonds. The Hall–Kier alpha value is -19.7. The standard InChI is InChI=1S/C74H49N3.C68H45N3/c1-5-19-60(20-6-1)75(61-21-7-2-8-22-61)64-39-33-51(34-40-64)50-29-31-52(32-30-50)57-45-58(55-37-43-71-69(48-55)67-41-35-53-17-13-15-27-65(53)73(67)76(71)62-23-9-3-10-24-62)47-59(46-57)56-38-44-72-70(49-56)68-42-36-54-18-14-16-28-66(54)74(68)77(72)63-25-11-4-12-26-63;1-5-19-54(20-6-1)69(55-21-7-2-8-22-55)58-35-29-46(30-36-58)51-41-52(49-33-39-65-63(44-49)61-37-31-47-17-13-15-27-59(47)67(61)70(65)56-23-9-3-10-24-56)43-53(42-51)50-34-40-66-64(45-50)62-38-32-48-18-14-16-28-60(48)68(62)71(66)57-25-11-4-12-26-57/h1-49H;1-45H. The van der Waals surface area contributed by atoms with E-state index in [2.05, 4.69) is 598 Å². The highest BCUT2D eigenvalue weighted by Gasteiger charge is 2.26. The molecule has 0 fully saturated rings. The van der Waals surface area contributed by atoms with Crippen molar-refractivity contribution in [3.63, 3.8) is 0 Å². The van der Waals surface area contributed by atoms with E-state index in [1.165, 1.54) is 175 Å². The predicted octanol–water partition coefficient (Wildman–Crippen LogP) is 39.0. The van der Waals surface area contributed by atoms with Gasteiger partial charge < -0.3 is 28.1 Å². The number of anilines is 6. The Morgan fingerprint density at radius 1 is 0.108 bits per heavy atom. The van der Waals surface area contributed by atoms with Gasteiger partial charge in [-0.2, -0.15) is 0 Å². The number of benzene rings is 25. The maximum Gasteiger partial charge on any atom is 0.0619 e. The molecule has 0 aliphatic heterocycles. The number of hydrogen-bond donors (Lipinski definition) is 0. The summed E-state index contributed by atoms with van der Waals surface area (Å²) in [6, 6.07) is 209. The molecule has 29 aromatic rings. The van der Waals surface area contributed by atoms with Gasteiger partial charge in [-0.25, -0.2) is 0 Å². The molecule has 0 aliphatic carbocycles. The third-order valence-corrected chi connectivity index (χ3v) is 30.1. The Morgan fingerprint density at radius 3 is 0.514 bits per heavy atom. The highest BCUT2D eigenvalue weighted by molar-refractivity contribution is 6.24. The summed E-state index contributed by atoms with van der Waals surface area (Å²) in [4.78, 5) is 4.62. The summed E-state index contributed by atoms with van der Waals surface area (Å²) in [5, 5.41) is 19.8. The zero-order chi connectivity index (χ0) is 97.6. The van der Waals surface area contributed by atoms with Crippen molar-refractivity contribution in [3.05, 3.63) is 570 Å². The van der Waals surface area contributed by atoms with Crippen molar-refractivity contribution in [2.45, 2.75) is 0 Å². The molecule has 4 heterocycles. The van der Waals surface area contributed by atoms with E-state index in [4.69, 9.17) is 0 Å². The van der Waals surface area contributed by atoms with E-state index in [-0.39, 0.29) is 0 Å². The van der Waals surface area contributed by atoms with Gasteiger partial charge in [0.15, 0.2) is 0 Å². The van der Waals surface area contributed by atoms with Crippen LogP contribution < -0.4 is 9.80 Å². The van der Waals surface area contributed by atoms with Crippen LogP contribution in [0, 0.1) is 0 Å². The maximum atomic E-state index is 2.45. The summed E-state index contributed by atoms with van der Waals surface area (Å²) in [5.41, 5.74) is 37.3. The highest BCUT2D eigenvalue weighted by atomic mass is 15.1. The van der Waals surface area contributed by atoms with Crippen LogP contribution in [0.1, 0.15) is 0 Å². The zero-order valence-corrected chi connectivity index (χ0v) is 81.0.